The van der Waals surface area contributed by atoms with Crippen LogP contribution in [-0.4, -0.2) is 29.0 Å². The highest BCUT2D eigenvalue weighted by molar-refractivity contribution is 9.10. The van der Waals surface area contributed by atoms with Crippen LogP contribution in [0.4, 0.5) is 0 Å². The summed E-state index contributed by atoms with van der Waals surface area (Å²) in [4.78, 5) is 14.3. The van der Waals surface area contributed by atoms with E-state index in [1.54, 1.807) is 18.2 Å². The highest BCUT2D eigenvalue weighted by Crippen LogP contribution is 2.35. The molecule has 1 amide bonds. The molecule has 1 aromatic rings. The number of carbonyl (C=O) groups is 1. The summed E-state index contributed by atoms with van der Waals surface area (Å²) in [5.74, 6) is 0.634. The van der Waals surface area contributed by atoms with Crippen molar-refractivity contribution in [1.82, 2.24) is 4.90 Å². The van der Waals surface area contributed by atoms with Crippen LogP contribution in [0.15, 0.2) is 22.7 Å². The van der Waals surface area contributed by atoms with Gasteiger partial charge in [0.15, 0.2) is 0 Å². The summed E-state index contributed by atoms with van der Waals surface area (Å²) in [5.41, 5.74) is 0.692. The Bertz CT molecular complexity index is 500. The molecule has 4 heteroatoms. The molecule has 1 fully saturated rings. The molecule has 0 aliphatic carbocycles. The molecule has 1 heterocycles. The smallest absolute Gasteiger partial charge is 0.257 e. The molecule has 20 heavy (non-hydrogen) atoms. The largest absolute Gasteiger partial charge is 0.507 e. The summed E-state index contributed by atoms with van der Waals surface area (Å²) >= 11 is 3.29. The van der Waals surface area contributed by atoms with E-state index in [4.69, 9.17) is 0 Å². The van der Waals surface area contributed by atoms with Crippen molar-refractivity contribution in [3.8, 4) is 5.75 Å². The van der Waals surface area contributed by atoms with Gasteiger partial charge in [-0.15, -0.1) is 0 Å². The predicted molar refractivity (Wildman–Crippen MR) is 83.9 cm³/mol. The van der Waals surface area contributed by atoms with E-state index in [1.165, 1.54) is 0 Å². The van der Waals surface area contributed by atoms with E-state index in [0.717, 1.165) is 30.4 Å². The monoisotopic (exact) mass is 339 g/mol. The normalized spacial score (nSPS) is 17.3. The van der Waals surface area contributed by atoms with Gasteiger partial charge in [-0.05, 0) is 42.4 Å². The van der Waals surface area contributed by atoms with Crippen LogP contribution < -0.4 is 0 Å². The van der Waals surface area contributed by atoms with Crippen LogP contribution in [0.1, 0.15) is 44.0 Å². The number of hydrogen-bond donors (Lipinski definition) is 1. The van der Waals surface area contributed by atoms with Gasteiger partial charge in [-0.25, -0.2) is 0 Å². The zero-order valence-corrected chi connectivity index (χ0v) is 13.9. The lowest BCUT2D eigenvalue weighted by molar-refractivity contribution is 0.0606. The third-order valence-corrected chi connectivity index (χ3v) is 4.69. The summed E-state index contributed by atoms with van der Waals surface area (Å²) in [6.45, 7) is 8.33. The second kappa shape index (κ2) is 5.76. The number of hydrogen-bond acceptors (Lipinski definition) is 2. The van der Waals surface area contributed by atoms with Crippen LogP contribution in [0.25, 0.3) is 0 Å². The van der Waals surface area contributed by atoms with E-state index in [0.29, 0.717) is 16.9 Å². The Morgan fingerprint density at radius 2 is 1.90 bits per heavy atom. The molecule has 0 spiro atoms. The van der Waals surface area contributed by atoms with Crippen LogP contribution in [0, 0.1) is 11.3 Å². The topological polar surface area (TPSA) is 40.5 Å². The number of phenolic OH excluding ortho intramolecular Hbond substituents is 1. The van der Waals surface area contributed by atoms with Gasteiger partial charge in [0.2, 0.25) is 0 Å². The second-order valence-corrected chi connectivity index (χ2v) is 7.51. The molecule has 0 saturated carbocycles. The maximum absolute atomic E-state index is 12.4. The lowest BCUT2D eigenvalue weighted by Crippen LogP contribution is -2.41. The standard InChI is InChI=1S/C16H22BrNO2/c1-16(2,3)11-6-8-18(9-7-11)15(20)13-5-4-12(17)10-14(13)19/h4-5,10-11,19H,6-9H2,1-3H3. The van der Waals surface area contributed by atoms with Gasteiger partial charge in [0.1, 0.15) is 5.75 Å². The van der Waals surface area contributed by atoms with E-state index in [9.17, 15) is 9.90 Å². The summed E-state index contributed by atoms with van der Waals surface area (Å²) in [6.07, 6.45) is 2.07. The molecule has 0 aromatic heterocycles. The average Bonchev–Trinajstić information content (AvgIpc) is 2.37. The molecule has 0 bridgehead atoms. The van der Waals surface area contributed by atoms with Crippen molar-refractivity contribution in [1.29, 1.82) is 0 Å². The first kappa shape index (κ1) is 15.4. The van der Waals surface area contributed by atoms with Gasteiger partial charge in [-0.2, -0.15) is 0 Å². The first-order valence-electron chi connectivity index (χ1n) is 7.07. The van der Waals surface area contributed by atoms with Crippen molar-refractivity contribution >= 4 is 21.8 Å². The fourth-order valence-electron chi connectivity index (χ4n) is 2.80. The third kappa shape index (κ3) is 3.35. The molecular formula is C16H22BrNO2. The Morgan fingerprint density at radius 1 is 1.30 bits per heavy atom. The van der Waals surface area contributed by atoms with Gasteiger partial charge >= 0.3 is 0 Å². The van der Waals surface area contributed by atoms with Crippen molar-refractivity contribution in [3.05, 3.63) is 28.2 Å². The fraction of sp³-hybridized carbons (Fsp3) is 0.562. The van der Waals surface area contributed by atoms with Crippen LogP contribution in [0.2, 0.25) is 0 Å². The highest BCUT2D eigenvalue weighted by atomic mass is 79.9. The molecule has 3 nitrogen and oxygen atoms in total. The Labute approximate surface area is 129 Å². The van der Waals surface area contributed by atoms with E-state index in [2.05, 4.69) is 36.7 Å². The molecule has 2 rings (SSSR count). The van der Waals surface area contributed by atoms with Crippen molar-refractivity contribution in [2.75, 3.05) is 13.1 Å². The SMILES string of the molecule is CC(C)(C)C1CCN(C(=O)c2ccc(Br)cc2O)CC1. The van der Waals surface area contributed by atoms with Crippen molar-refractivity contribution in [2.45, 2.75) is 33.6 Å². The number of halogens is 1. The van der Waals surface area contributed by atoms with Crippen molar-refractivity contribution in [2.24, 2.45) is 11.3 Å². The van der Waals surface area contributed by atoms with Crippen LogP contribution in [-0.2, 0) is 0 Å². The van der Waals surface area contributed by atoms with Crippen molar-refractivity contribution < 1.29 is 9.90 Å². The highest BCUT2D eigenvalue weighted by Gasteiger charge is 2.31. The van der Waals surface area contributed by atoms with Gasteiger partial charge in [0.25, 0.3) is 5.91 Å². The maximum Gasteiger partial charge on any atom is 0.257 e. The molecule has 1 saturated heterocycles. The Hall–Kier alpha value is -1.03. The summed E-state index contributed by atoms with van der Waals surface area (Å²) < 4.78 is 0.776. The lowest BCUT2D eigenvalue weighted by atomic mass is 9.75. The number of likely N-dealkylation sites (tertiary alicyclic amines) is 1. The van der Waals surface area contributed by atoms with Gasteiger partial charge in [0, 0.05) is 17.6 Å². The molecule has 0 radical (unpaired) electrons. The first-order valence-corrected chi connectivity index (χ1v) is 7.86. The minimum absolute atomic E-state index is 0.0438. The average molecular weight is 340 g/mol. The van der Waals surface area contributed by atoms with Crippen molar-refractivity contribution in [3.63, 3.8) is 0 Å². The molecule has 110 valence electrons. The predicted octanol–water partition coefficient (Wildman–Crippen LogP) is 4.05. The lowest BCUT2D eigenvalue weighted by Gasteiger charge is -2.38. The van der Waals surface area contributed by atoms with Crippen LogP contribution in [0.3, 0.4) is 0 Å². The molecular weight excluding hydrogens is 318 g/mol. The molecule has 1 aromatic carbocycles. The minimum Gasteiger partial charge on any atom is -0.507 e. The van der Waals surface area contributed by atoms with Gasteiger partial charge in [0.05, 0.1) is 5.56 Å². The minimum atomic E-state index is -0.0673. The van der Waals surface area contributed by atoms with E-state index in [1.807, 2.05) is 4.90 Å². The molecule has 1 N–H and O–H groups in total. The van der Waals surface area contributed by atoms with Crippen LogP contribution in [0.5, 0.6) is 5.75 Å². The van der Waals surface area contributed by atoms with Gasteiger partial charge < -0.3 is 10.0 Å². The van der Waals surface area contributed by atoms with E-state index < -0.39 is 0 Å². The third-order valence-electron chi connectivity index (χ3n) is 4.20. The van der Waals surface area contributed by atoms with Gasteiger partial charge in [-0.3, -0.25) is 4.79 Å². The molecule has 0 atom stereocenters. The van der Waals surface area contributed by atoms with Crippen LogP contribution >= 0.6 is 15.9 Å². The zero-order valence-electron chi connectivity index (χ0n) is 12.3. The number of amides is 1. The Morgan fingerprint density at radius 3 is 2.40 bits per heavy atom. The number of rotatable bonds is 1. The molecule has 1 aliphatic rings. The number of carbonyl (C=O) groups excluding carboxylic acids is 1. The Balaban J connectivity index is 2.05. The van der Waals surface area contributed by atoms with E-state index in [-0.39, 0.29) is 11.7 Å². The summed E-state index contributed by atoms with van der Waals surface area (Å²) in [7, 11) is 0. The molecule has 0 unspecified atom stereocenters. The molecule has 1 aliphatic heterocycles. The van der Waals surface area contributed by atoms with Gasteiger partial charge in [-0.1, -0.05) is 36.7 Å². The fourth-order valence-corrected chi connectivity index (χ4v) is 3.15. The number of nitrogens with zero attached hydrogens (tertiary/aromatic N) is 1. The number of benzene rings is 1. The summed E-state index contributed by atoms with van der Waals surface area (Å²) in [5, 5.41) is 9.90. The summed E-state index contributed by atoms with van der Waals surface area (Å²) in [6, 6.07) is 5.03. The number of aromatic hydroxyl groups is 1. The van der Waals surface area contributed by atoms with E-state index >= 15 is 0 Å². The quantitative estimate of drug-likeness (QED) is 0.838. The first-order chi connectivity index (χ1) is 9.29. The number of piperidine rings is 1. The number of phenols is 1. The second-order valence-electron chi connectivity index (χ2n) is 6.59. The zero-order chi connectivity index (χ0) is 14.9. The maximum atomic E-state index is 12.4. The Kier molecular flexibility index (Phi) is 4.43.